The van der Waals surface area contributed by atoms with Crippen molar-refractivity contribution >= 4 is 39.0 Å². The number of hydrogen-bond donors (Lipinski definition) is 2. The Labute approximate surface area is 155 Å². The van der Waals surface area contributed by atoms with Gasteiger partial charge in [-0.3, -0.25) is 4.79 Å². The molecule has 2 N–H and O–H groups in total. The third-order valence-corrected chi connectivity index (χ3v) is 4.32. The summed E-state index contributed by atoms with van der Waals surface area (Å²) >= 11 is 3.39. The van der Waals surface area contributed by atoms with Gasteiger partial charge in [0.25, 0.3) is 5.91 Å². The van der Waals surface area contributed by atoms with E-state index >= 15 is 0 Å². The zero-order valence-electron chi connectivity index (χ0n) is 13.8. The Kier molecular flexibility index (Phi) is 5.46. The summed E-state index contributed by atoms with van der Waals surface area (Å²) in [5, 5.41) is 6.23. The molecule has 1 heterocycles. The standard InChI is InChI=1S/C20H18BrN3O/c1-2-14-6-5-7-17(19(14)24-18-8-3-4-13-22-18)20(25)23-16-11-9-15(21)10-12-16/h3-13H,2H2,1H3,(H,22,24)(H,23,25). The van der Waals surface area contributed by atoms with Gasteiger partial charge >= 0.3 is 0 Å². The van der Waals surface area contributed by atoms with E-state index in [9.17, 15) is 4.79 Å². The summed E-state index contributed by atoms with van der Waals surface area (Å²) in [5.74, 6) is 0.553. The zero-order chi connectivity index (χ0) is 17.6. The van der Waals surface area contributed by atoms with Gasteiger partial charge in [-0.05, 0) is 54.4 Å². The van der Waals surface area contributed by atoms with E-state index in [1.54, 1.807) is 6.20 Å². The Morgan fingerprint density at radius 1 is 1.04 bits per heavy atom. The molecule has 4 nitrogen and oxygen atoms in total. The summed E-state index contributed by atoms with van der Waals surface area (Å²) < 4.78 is 0.969. The van der Waals surface area contributed by atoms with Crippen LogP contribution in [0.25, 0.3) is 0 Å². The predicted molar refractivity (Wildman–Crippen MR) is 105 cm³/mol. The summed E-state index contributed by atoms with van der Waals surface area (Å²) in [4.78, 5) is 17.1. The fourth-order valence-corrected chi connectivity index (χ4v) is 2.79. The number of hydrogen-bond acceptors (Lipinski definition) is 3. The van der Waals surface area contributed by atoms with Crippen molar-refractivity contribution in [3.63, 3.8) is 0 Å². The maximum atomic E-state index is 12.8. The molecule has 1 aromatic heterocycles. The van der Waals surface area contributed by atoms with E-state index in [1.165, 1.54) is 0 Å². The number of carbonyl (C=O) groups excluding carboxylic acids is 1. The number of aryl methyl sites for hydroxylation is 1. The molecule has 126 valence electrons. The van der Waals surface area contributed by atoms with Crippen LogP contribution in [-0.2, 0) is 6.42 Å². The highest BCUT2D eigenvalue weighted by Gasteiger charge is 2.15. The van der Waals surface area contributed by atoms with Crippen molar-refractivity contribution in [3.05, 3.63) is 82.5 Å². The van der Waals surface area contributed by atoms with E-state index in [-0.39, 0.29) is 5.91 Å². The molecule has 5 heteroatoms. The van der Waals surface area contributed by atoms with Gasteiger partial charge in [0.1, 0.15) is 5.82 Å². The lowest BCUT2D eigenvalue weighted by Gasteiger charge is -2.15. The lowest BCUT2D eigenvalue weighted by Crippen LogP contribution is -2.15. The van der Waals surface area contributed by atoms with Crippen LogP contribution in [0, 0.1) is 0 Å². The largest absolute Gasteiger partial charge is 0.339 e. The molecule has 0 saturated carbocycles. The van der Waals surface area contributed by atoms with Crippen molar-refractivity contribution in [2.24, 2.45) is 0 Å². The highest BCUT2D eigenvalue weighted by Crippen LogP contribution is 2.26. The average molecular weight is 396 g/mol. The molecule has 0 bridgehead atoms. The molecular weight excluding hydrogens is 378 g/mol. The molecule has 3 rings (SSSR count). The highest BCUT2D eigenvalue weighted by atomic mass is 79.9. The molecule has 2 aromatic carbocycles. The number of aromatic nitrogens is 1. The summed E-state index contributed by atoms with van der Waals surface area (Å²) in [6.45, 7) is 2.06. The van der Waals surface area contributed by atoms with Gasteiger partial charge in [0, 0.05) is 16.4 Å². The number of pyridine rings is 1. The van der Waals surface area contributed by atoms with Gasteiger partial charge in [-0.2, -0.15) is 0 Å². The third kappa shape index (κ3) is 4.25. The van der Waals surface area contributed by atoms with Crippen molar-refractivity contribution in [2.75, 3.05) is 10.6 Å². The molecule has 0 aliphatic heterocycles. The van der Waals surface area contributed by atoms with E-state index < -0.39 is 0 Å². The molecule has 0 fully saturated rings. The zero-order valence-corrected chi connectivity index (χ0v) is 15.4. The van der Waals surface area contributed by atoms with Crippen LogP contribution in [0.3, 0.4) is 0 Å². The van der Waals surface area contributed by atoms with Gasteiger partial charge in [0.2, 0.25) is 0 Å². The Bertz CT molecular complexity index is 864. The number of amides is 1. The number of nitrogens with one attached hydrogen (secondary N) is 2. The fourth-order valence-electron chi connectivity index (χ4n) is 2.53. The van der Waals surface area contributed by atoms with Crippen LogP contribution in [-0.4, -0.2) is 10.9 Å². The molecule has 3 aromatic rings. The van der Waals surface area contributed by atoms with Gasteiger partial charge in [-0.1, -0.05) is 41.1 Å². The summed E-state index contributed by atoms with van der Waals surface area (Å²) in [5.41, 5.74) is 3.19. The van der Waals surface area contributed by atoms with Crippen LogP contribution in [0.1, 0.15) is 22.8 Å². The maximum absolute atomic E-state index is 12.8. The number of para-hydroxylation sites is 1. The number of rotatable bonds is 5. The number of nitrogens with zero attached hydrogens (tertiary/aromatic N) is 1. The Hall–Kier alpha value is -2.66. The smallest absolute Gasteiger partial charge is 0.257 e. The molecule has 0 aliphatic rings. The van der Waals surface area contributed by atoms with E-state index in [0.717, 1.165) is 27.8 Å². The normalized spacial score (nSPS) is 10.3. The minimum atomic E-state index is -0.156. The minimum Gasteiger partial charge on any atom is -0.339 e. The molecule has 0 unspecified atom stereocenters. The molecule has 1 amide bonds. The van der Waals surface area contributed by atoms with Gasteiger partial charge in [0.15, 0.2) is 0 Å². The number of carbonyl (C=O) groups is 1. The monoisotopic (exact) mass is 395 g/mol. The van der Waals surface area contributed by atoms with Crippen molar-refractivity contribution in [1.29, 1.82) is 0 Å². The molecule has 25 heavy (non-hydrogen) atoms. The second-order valence-electron chi connectivity index (χ2n) is 5.49. The Morgan fingerprint density at radius 3 is 2.52 bits per heavy atom. The van der Waals surface area contributed by atoms with Crippen LogP contribution < -0.4 is 10.6 Å². The minimum absolute atomic E-state index is 0.156. The molecule has 0 saturated heterocycles. The van der Waals surface area contributed by atoms with Crippen LogP contribution >= 0.6 is 15.9 Å². The highest BCUT2D eigenvalue weighted by molar-refractivity contribution is 9.10. The quantitative estimate of drug-likeness (QED) is 0.607. The van der Waals surface area contributed by atoms with Gasteiger partial charge in [-0.15, -0.1) is 0 Å². The summed E-state index contributed by atoms with van der Waals surface area (Å²) in [7, 11) is 0. The first-order valence-electron chi connectivity index (χ1n) is 8.04. The van der Waals surface area contributed by atoms with Crippen LogP contribution in [0.4, 0.5) is 17.2 Å². The Balaban J connectivity index is 1.92. The van der Waals surface area contributed by atoms with Crippen molar-refractivity contribution in [3.8, 4) is 0 Å². The predicted octanol–water partition coefficient (Wildman–Crippen LogP) is 5.40. The molecular formula is C20H18BrN3O. The van der Waals surface area contributed by atoms with E-state index in [1.807, 2.05) is 60.7 Å². The van der Waals surface area contributed by atoms with E-state index in [4.69, 9.17) is 0 Å². The second kappa shape index (κ2) is 7.94. The molecule has 0 aliphatic carbocycles. The fraction of sp³-hybridized carbons (Fsp3) is 0.100. The summed E-state index contributed by atoms with van der Waals surface area (Å²) in [6, 6.07) is 18.9. The van der Waals surface area contributed by atoms with Gasteiger partial charge in [-0.25, -0.2) is 4.98 Å². The number of benzene rings is 2. The second-order valence-corrected chi connectivity index (χ2v) is 6.41. The lowest BCUT2D eigenvalue weighted by atomic mass is 10.0. The third-order valence-electron chi connectivity index (χ3n) is 3.80. The molecule has 0 spiro atoms. The van der Waals surface area contributed by atoms with Crippen molar-refractivity contribution in [2.45, 2.75) is 13.3 Å². The molecule has 0 atom stereocenters. The van der Waals surface area contributed by atoms with E-state index in [0.29, 0.717) is 11.4 Å². The molecule has 0 radical (unpaired) electrons. The average Bonchev–Trinajstić information content (AvgIpc) is 2.64. The SMILES string of the molecule is CCc1cccc(C(=O)Nc2ccc(Br)cc2)c1Nc1ccccn1. The van der Waals surface area contributed by atoms with Gasteiger partial charge in [0.05, 0.1) is 11.3 Å². The first-order valence-corrected chi connectivity index (χ1v) is 8.83. The summed E-state index contributed by atoms with van der Waals surface area (Å²) in [6.07, 6.45) is 2.53. The van der Waals surface area contributed by atoms with Crippen LogP contribution in [0.15, 0.2) is 71.3 Å². The number of halogens is 1. The van der Waals surface area contributed by atoms with Crippen LogP contribution in [0.5, 0.6) is 0 Å². The first kappa shape index (κ1) is 17.2. The number of anilines is 3. The van der Waals surface area contributed by atoms with Gasteiger partial charge < -0.3 is 10.6 Å². The van der Waals surface area contributed by atoms with Crippen molar-refractivity contribution in [1.82, 2.24) is 4.98 Å². The lowest BCUT2D eigenvalue weighted by molar-refractivity contribution is 0.102. The Morgan fingerprint density at radius 2 is 1.84 bits per heavy atom. The topological polar surface area (TPSA) is 54.0 Å². The first-order chi connectivity index (χ1) is 12.2. The van der Waals surface area contributed by atoms with E-state index in [2.05, 4.69) is 38.5 Å². The van der Waals surface area contributed by atoms with Crippen molar-refractivity contribution < 1.29 is 4.79 Å². The van der Waals surface area contributed by atoms with Crippen LogP contribution in [0.2, 0.25) is 0 Å². The maximum Gasteiger partial charge on any atom is 0.257 e.